The summed E-state index contributed by atoms with van der Waals surface area (Å²) >= 11 is 0. The Morgan fingerprint density at radius 3 is 2.07 bits per heavy atom. The first-order valence-corrected chi connectivity index (χ1v) is 21.9. The minimum Gasteiger partial charge on any atom is -0.347 e. The number of rotatable bonds is 15. The van der Waals surface area contributed by atoms with E-state index in [0.717, 1.165) is 64.2 Å². The van der Waals surface area contributed by atoms with Crippen LogP contribution in [-0.4, -0.2) is 108 Å². The molecule has 0 aromatic rings. The average molecular weight is 803 g/mol. The van der Waals surface area contributed by atoms with Crippen LogP contribution in [0.1, 0.15) is 138 Å². The Bertz CT molecular complexity index is 1550. The van der Waals surface area contributed by atoms with Gasteiger partial charge in [0.2, 0.25) is 29.4 Å². The van der Waals surface area contributed by atoms with Gasteiger partial charge in [0.05, 0.1) is 18.5 Å². The Labute approximate surface area is 337 Å². The third kappa shape index (κ3) is 8.62. The number of carbonyl (C=O) groups is 6. The lowest BCUT2D eigenvalue weighted by Gasteiger charge is -2.38. The van der Waals surface area contributed by atoms with Crippen LogP contribution in [0.25, 0.3) is 0 Å². The molecule has 6 rings (SSSR count). The van der Waals surface area contributed by atoms with E-state index in [0.29, 0.717) is 38.8 Å². The zero-order valence-corrected chi connectivity index (χ0v) is 35.2. The van der Waals surface area contributed by atoms with Gasteiger partial charge in [0.25, 0.3) is 12.3 Å². The molecular formula is C43H68F2N6O6. The van der Waals surface area contributed by atoms with Crippen LogP contribution in [0.4, 0.5) is 8.78 Å². The van der Waals surface area contributed by atoms with Crippen molar-refractivity contribution in [3.63, 3.8) is 0 Å². The topological polar surface area (TPSA) is 157 Å². The first-order valence-electron chi connectivity index (χ1n) is 21.9. The highest BCUT2D eigenvalue weighted by molar-refractivity contribution is 6.38. The third-order valence-electron chi connectivity index (χ3n) is 15.1. The summed E-state index contributed by atoms with van der Waals surface area (Å²) in [5.74, 6) is -3.72. The fourth-order valence-corrected chi connectivity index (χ4v) is 11.3. The number of piperidine rings is 1. The second kappa shape index (κ2) is 16.8. The van der Waals surface area contributed by atoms with Gasteiger partial charge in [-0.1, -0.05) is 73.6 Å². The predicted octanol–water partition coefficient (Wildman–Crippen LogP) is 4.49. The van der Waals surface area contributed by atoms with Gasteiger partial charge in [-0.05, 0) is 92.9 Å². The number of Topliss-reactive ketones (excluding diaryl/α,β-unsaturated/α-hetero) is 1. The molecule has 4 aliphatic carbocycles. The maximum Gasteiger partial charge on any atom is 0.289 e. The van der Waals surface area contributed by atoms with Crippen molar-refractivity contribution in [3.8, 4) is 0 Å². The van der Waals surface area contributed by atoms with E-state index in [1.807, 2.05) is 27.7 Å². The number of nitrogens with one attached hydrogen (secondary N) is 4. The van der Waals surface area contributed by atoms with E-state index >= 15 is 4.79 Å². The number of fused-ring (bicyclic) bond motifs is 1. The highest BCUT2D eigenvalue weighted by Crippen LogP contribution is 2.88. The molecule has 2 heterocycles. The number of amides is 5. The molecular weight excluding hydrogens is 735 g/mol. The van der Waals surface area contributed by atoms with Crippen LogP contribution in [0.2, 0.25) is 0 Å². The summed E-state index contributed by atoms with van der Waals surface area (Å²) in [6, 6.07) is -3.90. The van der Waals surface area contributed by atoms with Crippen molar-refractivity contribution in [2.45, 2.75) is 174 Å². The minimum atomic E-state index is -2.50. The standard InChI is InChI=1S/C43H68F2N6O6/c1-7-13-29(33(52)38(56)46-28-17-18-28)47-36(54)30-22-43(41(5,6)42(43)19-12-20-42)25-51(30)39(57)34(40(2,3)4)49-37(55)32(26-14-9-8-10-15-26)48-35(53)27-16-11-21-50(23-27)24-31(44)45/h26-32,34H,7-25H2,1-6H3,(H,46,56)(H,47,54)(H,48,53)(H,49,55)/t27-,29+,30+,32?,34-,43-/m1/s1. The molecule has 6 fully saturated rings. The van der Waals surface area contributed by atoms with Crippen LogP contribution in [-0.2, 0) is 28.8 Å². The SMILES string of the molecule is CCC[C@H](NC(=O)[C@@H]1C[C@@]2(CN1C(=O)[C@@H](NC(=O)C(NC(=O)[C@@H]1CCCN(CC(F)F)C1)C1CCCCC1)C(C)(C)C)C(C)(C)C21CCC1)C(=O)C(=O)NC1CC1. The fourth-order valence-electron chi connectivity index (χ4n) is 11.3. The molecule has 0 aromatic heterocycles. The summed E-state index contributed by atoms with van der Waals surface area (Å²) in [6.45, 7) is 12.6. The Morgan fingerprint density at radius 1 is 0.825 bits per heavy atom. The van der Waals surface area contributed by atoms with E-state index in [2.05, 4.69) is 35.1 Å². The van der Waals surface area contributed by atoms with E-state index in [1.54, 1.807) is 9.80 Å². The van der Waals surface area contributed by atoms with Crippen molar-refractivity contribution in [2.75, 3.05) is 26.2 Å². The molecule has 57 heavy (non-hydrogen) atoms. The zero-order chi connectivity index (χ0) is 41.5. The molecule has 320 valence electrons. The number of ketones is 1. The van der Waals surface area contributed by atoms with E-state index in [4.69, 9.17) is 0 Å². The number of nitrogens with zero attached hydrogens (tertiary/aromatic N) is 2. The third-order valence-corrected chi connectivity index (χ3v) is 15.1. The molecule has 2 saturated heterocycles. The molecule has 0 aromatic carbocycles. The minimum absolute atomic E-state index is 0.00278. The van der Waals surface area contributed by atoms with Crippen molar-refractivity contribution < 1.29 is 37.5 Å². The molecule has 4 saturated carbocycles. The van der Waals surface area contributed by atoms with Crippen molar-refractivity contribution in [1.29, 1.82) is 0 Å². The Kier molecular flexibility index (Phi) is 12.8. The molecule has 0 bridgehead atoms. The molecule has 1 unspecified atom stereocenters. The molecule has 12 nitrogen and oxygen atoms in total. The number of likely N-dealkylation sites (tertiary alicyclic amines) is 2. The quantitative estimate of drug-likeness (QED) is 0.178. The highest BCUT2D eigenvalue weighted by atomic mass is 19.3. The van der Waals surface area contributed by atoms with Crippen LogP contribution in [0.15, 0.2) is 0 Å². The van der Waals surface area contributed by atoms with Crippen LogP contribution < -0.4 is 21.3 Å². The molecule has 2 aliphatic heterocycles. The normalized spacial score (nSPS) is 28.6. The monoisotopic (exact) mass is 803 g/mol. The second-order valence-corrected chi connectivity index (χ2v) is 20.0. The Balaban J connectivity index is 1.24. The van der Waals surface area contributed by atoms with Crippen LogP contribution in [0.5, 0.6) is 0 Å². The lowest BCUT2D eigenvalue weighted by molar-refractivity contribution is -0.145. The Morgan fingerprint density at radius 2 is 1.51 bits per heavy atom. The lowest BCUT2D eigenvalue weighted by Crippen LogP contribution is -2.62. The van der Waals surface area contributed by atoms with Gasteiger partial charge < -0.3 is 26.2 Å². The fraction of sp³-hybridized carbons (Fsp3) is 0.860. The predicted molar refractivity (Wildman–Crippen MR) is 211 cm³/mol. The van der Waals surface area contributed by atoms with Crippen molar-refractivity contribution in [2.24, 2.45) is 33.5 Å². The van der Waals surface area contributed by atoms with Gasteiger partial charge in [0.1, 0.15) is 18.1 Å². The van der Waals surface area contributed by atoms with Gasteiger partial charge in [-0.15, -0.1) is 0 Å². The van der Waals surface area contributed by atoms with Crippen molar-refractivity contribution >= 4 is 35.3 Å². The second-order valence-electron chi connectivity index (χ2n) is 20.0. The summed E-state index contributed by atoms with van der Waals surface area (Å²) in [7, 11) is 0. The van der Waals surface area contributed by atoms with Gasteiger partial charge in [-0.2, -0.15) is 0 Å². The van der Waals surface area contributed by atoms with Crippen molar-refractivity contribution in [1.82, 2.24) is 31.1 Å². The maximum atomic E-state index is 15.1. The van der Waals surface area contributed by atoms with E-state index in [-0.39, 0.29) is 47.1 Å². The van der Waals surface area contributed by atoms with Crippen LogP contribution >= 0.6 is 0 Å². The summed E-state index contributed by atoms with van der Waals surface area (Å²) in [5.41, 5.74) is -1.24. The number of alkyl halides is 2. The van der Waals surface area contributed by atoms with Gasteiger partial charge >= 0.3 is 0 Å². The summed E-state index contributed by atoms with van der Waals surface area (Å²) in [6.07, 6.45) is 8.99. The molecule has 4 N–H and O–H groups in total. The molecule has 6 atom stereocenters. The molecule has 14 heteroatoms. The first-order chi connectivity index (χ1) is 26.9. The molecule has 5 amide bonds. The van der Waals surface area contributed by atoms with Crippen molar-refractivity contribution in [3.05, 3.63) is 0 Å². The first kappa shape index (κ1) is 43.4. The number of hydrogen-bond donors (Lipinski definition) is 4. The van der Waals surface area contributed by atoms with E-state index in [1.165, 1.54) is 0 Å². The number of carbonyl (C=O) groups excluding carboxylic acids is 6. The summed E-state index contributed by atoms with van der Waals surface area (Å²) in [4.78, 5) is 87.3. The largest absolute Gasteiger partial charge is 0.347 e. The Hall–Kier alpha value is -3.16. The van der Waals surface area contributed by atoms with Gasteiger partial charge in [-0.3, -0.25) is 33.7 Å². The maximum absolute atomic E-state index is 15.1. The highest BCUT2D eigenvalue weighted by Gasteiger charge is 2.85. The van der Waals surface area contributed by atoms with E-state index < -0.39 is 77.9 Å². The van der Waals surface area contributed by atoms with Gasteiger partial charge in [0.15, 0.2) is 0 Å². The molecule has 6 aliphatic rings. The molecule has 0 radical (unpaired) electrons. The van der Waals surface area contributed by atoms with E-state index in [9.17, 15) is 32.8 Å². The van der Waals surface area contributed by atoms with Gasteiger partial charge in [0, 0.05) is 24.5 Å². The lowest BCUT2D eigenvalue weighted by atomic mass is 9.73. The van der Waals surface area contributed by atoms with Crippen LogP contribution in [0, 0.1) is 33.5 Å². The van der Waals surface area contributed by atoms with Crippen LogP contribution in [0.3, 0.4) is 0 Å². The number of hydrogen-bond acceptors (Lipinski definition) is 7. The molecule has 2 spiro atoms. The summed E-state index contributed by atoms with van der Waals surface area (Å²) < 4.78 is 26.4. The summed E-state index contributed by atoms with van der Waals surface area (Å²) in [5, 5.41) is 11.7. The zero-order valence-electron chi connectivity index (χ0n) is 35.2. The average Bonchev–Trinajstić information content (AvgIpc) is 3.96. The smallest absolute Gasteiger partial charge is 0.289 e. The van der Waals surface area contributed by atoms with Gasteiger partial charge in [-0.25, -0.2) is 8.78 Å². The number of halogens is 2.